The second-order valence-electron chi connectivity index (χ2n) is 15.6. The second-order valence-corrected chi connectivity index (χ2v) is 15.6. The van der Waals surface area contributed by atoms with E-state index in [1.54, 1.807) is 0 Å². The predicted octanol–water partition coefficient (Wildman–Crippen LogP) is 14.1. The molecule has 11 rings (SSSR count). The molecule has 1 aliphatic rings. The third-order valence-corrected chi connectivity index (χ3v) is 11.7. The number of benzene rings is 8. The number of nitrogens with zero attached hydrogens (tertiary/aromatic N) is 3. The van der Waals surface area contributed by atoms with E-state index in [2.05, 4.69) is 184 Å². The van der Waals surface area contributed by atoms with Crippen molar-refractivity contribution in [1.82, 2.24) is 15.0 Å². The van der Waals surface area contributed by atoms with Crippen LogP contribution in [-0.2, 0) is 5.41 Å². The monoisotopic (exact) mass is 743 g/mol. The van der Waals surface area contributed by atoms with Gasteiger partial charge in [0, 0.05) is 32.9 Å². The Morgan fingerprint density at radius 1 is 0.345 bits per heavy atom. The van der Waals surface area contributed by atoms with Crippen molar-refractivity contribution < 1.29 is 4.42 Å². The average molecular weight is 744 g/mol. The molecule has 0 bridgehead atoms. The van der Waals surface area contributed by atoms with Gasteiger partial charge in [-0.25, -0.2) is 15.0 Å². The van der Waals surface area contributed by atoms with E-state index in [0.29, 0.717) is 17.5 Å². The highest BCUT2D eigenvalue weighted by molar-refractivity contribution is 6.13. The molecule has 0 fully saturated rings. The molecule has 0 aliphatic heterocycles. The van der Waals surface area contributed by atoms with Crippen molar-refractivity contribution in [1.29, 1.82) is 0 Å². The van der Waals surface area contributed by atoms with E-state index in [4.69, 9.17) is 19.4 Å². The van der Waals surface area contributed by atoms with E-state index in [9.17, 15) is 0 Å². The van der Waals surface area contributed by atoms with E-state index in [1.165, 1.54) is 22.3 Å². The zero-order valence-corrected chi connectivity index (χ0v) is 32.1. The van der Waals surface area contributed by atoms with Crippen LogP contribution in [0.1, 0.15) is 25.0 Å². The van der Waals surface area contributed by atoms with Gasteiger partial charge in [0.15, 0.2) is 17.5 Å². The summed E-state index contributed by atoms with van der Waals surface area (Å²) in [5.74, 6) is 1.80. The first-order chi connectivity index (χ1) is 28.5. The standard InChI is InChI=1S/C54H37N3O/c1-54(2)46-24-10-9-22-43(46)45-32-38(27-29-47(45)54)37-19-12-21-40(31-37)52-55-51(39-20-11-18-36(30-39)34-14-5-3-6-15-34)56-53(57-52)41-26-28-44-49(33-41)58-48-25-13-23-42(50(44)48)35-16-7-4-8-17-35/h3-33H,1-2H3. The number of hydrogen-bond donors (Lipinski definition) is 0. The lowest BCUT2D eigenvalue weighted by Gasteiger charge is -2.21. The van der Waals surface area contributed by atoms with E-state index in [1.807, 2.05) is 18.2 Å². The highest BCUT2D eigenvalue weighted by atomic mass is 16.3. The van der Waals surface area contributed by atoms with Crippen molar-refractivity contribution in [3.8, 4) is 78.7 Å². The van der Waals surface area contributed by atoms with Crippen LogP contribution in [-0.4, -0.2) is 15.0 Å². The van der Waals surface area contributed by atoms with Gasteiger partial charge in [0.2, 0.25) is 0 Å². The van der Waals surface area contributed by atoms with Gasteiger partial charge in [-0.3, -0.25) is 0 Å². The molecule has 0 saturated carbocycles. The van der Waals surface area contributed by atoms with E-state index >= 15 is 0 Å². The van der Waals surface area contributed by atoms with Gasteiger partial charge in [-0.15, -0.1) is 0 Å². The van der Waals surface area contributed by atoms with Crippen LogP contribution in [0.4, 0.5) is 0 Å². The Kier molecular flexibility index (Phi) is 7.80. The topological polar surface area (TPSA) is 51.8 Å². The molecule has 0 radical (unpaired) electrons. The van der Waals surface area contributed by atoms with Gasteiger partial charge in [0.1, 0.15) is 11.2 Å². The zero-order valence-electron chi connectivity index (χ0n) is 32.1. The molecule has 2 aromatic heterocycles. The summed E-state index contributed by atoms with van der Waals surface area (Å²) in [6.45, 7) is 4.63. The zero-order chi connectivity index (χ0) is 38.8. The molecule has 10 aromatic rings. The number of aromatic nitrogens is 3. The van der Waals surface area contributed by atoms with Crippen LogP contribution in [0.5, 0.6) is 0 Å². The van der Waals surface area contributed by atoms with E-state index in [-0.39, 0.29) is 5.41 Å². The first kappa shape index (κ1) is 33.9. The van der Waals surface area contributed by atoms with Gasteiger partial charge in [-0.2, -0.15) is 0 Å². The second kappa shape index (κ2) is 13.4. The molecule has 4 heteroatoms. The summed E-state index contributed by atoms with van der Waals surface area (Å²) in [5, 5.41) is 2.15. The SMILES string of the molecule is CC1(C)c2ccccc2-c2cc(-c3cccc(-c4nc(-c5cccc(-c6ccccc6)c5)nc(-c5ccc6c(c5)oc5cccc(-c7ccccc7)c56)n4)c3)ccc21. The Bertz CT molecular complexity index is 3200. The predicted molar refractivity (Wildman–Crippen MR) is 237 cm³/mol. The lowest BCUT2D eigenvalue weighted by Crippen LogP contribution is -2.14. The Labute approximate surface area is 337 Å². The molecule has 0 spiro atoms. The molecular weight excluding hydrogens is 707 g/mol. The maximum Gasteiger partial charge on any atom is 0.164 e. The largest absolute Gasteiger partial charge is 0.456 e. The molecule has 2 heterocycles. The third-order valence-electron chi connectivity index (χ3n) is 11.7. The highest BCUT2D eigenvalue weighted by Crippen LogP contribution is 2.49. The van der Waals surface area contributed by atoms with Crippen molar-refractivity contribution in [3.63, 3.8) is 0 Å². The average Bonchev–Trinajstić information content (AvgIpc) is 3.78. The summed E-state index contributed by atoms with van der Waals surface area (Å²) < 4.78 is 6.53. The van der Waals surface area contributed by atoms with Gasteiger partial charge in [0.05, 0.1) is 0 Å². The molecule has 4 nitrogen and oxygen atoms in total. The normalized spacial score (nSPS) is 12.8. The van der Waals surface area contributed by atoms with E-state index < -0.39 is 0 Å². The maximum atomic E-state index is 6.53. The summed E-state index contributed by atoms with van der Waals surface area (Å²) in [7, 11) is 0. The quantitative estimate of drug-likeness (QED) is 0.170. The van der Waals surface area contributed by atoms with Crippen LogP contribution in [0.15, 0.2) is 192 Å². The number of rotatable bonds is 6. The minimum absolute atomic E-state index is 0.0443. The molecule has 0 saturated heterocycles. The fraction of sp³-hybridized carbons (Fsp3) is 0.0556. The van der Waals surface area contributed by atoms with Crippen LogP contribution in [0.25, 0.3) is 101 Å². The smallest absolute Gasteiger partial charge is 0.164 e. The summed E-state index contributed by atoms with van der Waals surface area (Å²) in [6, 6.07) is 66.1. The van der Waals surface area contributed by atoms with Crippen LogP contribution >= 0.6 is 0 Å². The Balaban J connectivity index is 1.05. The lowest BCUT2D eigenvalue weighted by atomic mass is 9.82. The number of furan rings is 1. The van der Waals surface area contributed by atoms with Crippen molar-refractivity contribution in [2.24, 2.45) is 0 Å². The fourth-order valence-corrected chi connectivity index (χ4v) is 8.79. The lowest BCUT2D eigenvalue weighted by molar-refractivity contribution is 0.660. The molecule has 0 atom stereocenters. The Hall–Kier alpha value is -7.43. The van der Waals surface area contributed by atoms with Crippen LogP contribution in [0.2, 0.25) is 0 Å². The number of hydrogen-bond acceptors (Lipinski definition) is 4. The highest BCUT2D eigenvalue weighted by Gasteiger charge is 2.35. The van der Waals surface area contributed by atoms with Gasteiger partial charge in [-0.1, -0.05) is 166 Å². The molecule has 8 aromatic carbocycles. The van der Waals surface area contributed by atoms with Gasteiger partial charge in [0.25, 0.3) is 0 Å². The van der Waals surface area contributed by atoms with Gasteiger partial charge in [-0.05, 0) is 92.0 Å². The van der Waals surface area contributed by atoms with E-state index in [0.717, 1.165) is 72.0 Å². The summed E-state index contributed by atoms with van der Waals surface area (Å²) in [6.07, 6.45) is 0. The fourth-order valence-electron chi connectivity index (χ4n) is 8.79. The Morgan fingerprint density at radius 2 is 0.845 bits per heavy atom. The van der Waals surface area contributed by atoms with Crippen molar-refractivity contribution in [2.45, 2.75) is 19.3 Å². The van der Waals surface area contributed by atoms with Crippen LogP contribution in [0, 0.1) is 0 Å². The van der Waals surface area contributed by atoms with Crippen LogP contribution in [0.3, 0.4) is 0 Å². The minimum Gasteiger partial charge on any atom is -0.456 e. The summed E-state index contributed by atoms with van der Waals surface area (Å²) in [4.78, 5) is 15.5. The molecule has 1 aliphatic carbocycles. The van der Waals surface area contributed by atoms with Gasteiger partial charge >= 0.3 is 0 Å². The van der Waals surface area contributed by atoms with Crippen molar-refractivity contribution in [2.75, 3.05) is 0 Å². The molecule has 0 amide bonds. The third kappa shape index (κ3) is 5.64. The van der Waals surface area contributed by atoms with Crippen LogP contribution < -0.4 is 0 Å². The van der Waals surface area contributed by atoms with Crippen molar-refractivity contribution in [3.05, 3.63) is 199 Å². The summed E-state index contributed by atoms with van der Waals surface area (Å²) >= 11 is 0. The first-order valence-electron chi connectivity index (χ1n) is 19.8. The van der Waals surface area contributed by atoms with Gasteiger partial charge < -0.3 is 4.42 Å². The summed E-state index contributed by atoms with van der Waals surface area (Å²) in [5.41, 5.74) is 16.4. The minimum atomic E-state index is -0.0443. The van der Waals surface area contributed by atoms with Crippen molar-refractivity contribution >= 4 is 21.9 Å². The molecular formula is C54H37N3O. The maximum absolute atomic E-state index is 6.53. The molecule has 0 N–H and O–H groups in total. The molecule has 0 unspecified atom stereocenters. The molecule has 58 heavy (non-hydrogen) atoms. The Morgan fingerprint density at radius 3 is 1.55 bits per heavy atom. The molecule has 274 valence electrons. The number of fused-ring (bicyclic) bond motifs is 6. The first-order valence-corrected chi connectivity index (χ1v) is 19.8.